The maximum Gasteiger partial charge on any atom is 0.249 e. The molecule has 41 heavy (non-hydrogen) atoms. The van der Waals surface area contributed by atoms with E-state index in [0.717, 1.165) is 43.0 Å². The van der Waals surface area contributed by atoms with Gasteiger partial charge in [0.05, 0.1) is 24.2 Å². The lowest BCUT2D eigenvalue weighted by atomic mass is 10.0. The zero-order valence-corrected chi connectivity index (χ0v) is 23.5. The Hall–Kier alpha value is -3.99. The number of ketones is 2. The molecule has 0 radical (unpaired) electrons. The van der Waals surface area contributed by atoms with E-state index >= 15 is 0 Å². The molecule has 4 aromatic rings. The third-order valence-corrected chi connectivity index (χ3v) is 7.80. The standard InChI is InChI=1S/C30H30F2N6O2S/c1-30(31,32)18-21-6-4-5-20(13-21)14-25(39)16-24-8-9-27(35-34-24)22-10-12-38(19-22)29-37-36-28(41-29)17-26(40)15-23-7-2-3-11-33-23/h2-9,11,13,22H,10,12,14-19H2,1H3. The molecule has 1 atom stereocenters. The summed E-state index contributed by atoms with van der Waals surface area (Å²) in [5.74, 6) is -2.62. The van der Waals surface area contributed by atoms with Gasteiger partial charge in [0, 0.05) is 50.2 Å². The highest BCUT2D eigenvalue weighted by Crippen LogP contribution is 2.31. The smallest absolute Gasteiger partial charge is 0.249 e. The SMILES string of the molecule is CC(F)(F)Cc1cccc(CC(=O)Cc2ccc(C3CCN(c4nnc(CC(=O)Cc5ccccn5)s4)C3)nn2)c1. The van der Waals surface area contributed by atoms with E-state index in [1.54, 1.807) is 30.5 Å². The van der Waals surface area contributed by atoms with E-state index < -0.39 is 5.92 Å². The molecule has 1 unspecified atom stereocenters. The summed E-state index contributed by atoms with van der Waals surface area (Å²) in [7, 11) is 0. The van der Waals surface area contributed by atoms with E-state index in [1.807, 2.05) is 30.3 Å². The molecule has 1 aliphatic rings. The molecule has 8 nitrogen and oxygen atoms in total. The quantitative estimate of drug-likeness (QED) is 0.241. The molecule has 3 aromatic heterocycles. The van der Waals surface area contributed by atoms with Crippen molar-refractivity contribution in [1.29, 1.82) is 0 Å². The van der Waals surface area contributed by atoms with Gasteiger partial charge in [-0.25, -0.2) is 8.78 Å². The first-order chi connectivity index (χ1) is 19.7. The summed E-state index contributed by atoms with van der Waals surface area (Å²) in [6, 6.07) is 16.0. The molecule has 0 aliphatic carbocycles. The molecule has 0 N–H and O–H groups in total. The second-order valence-electron chi connectivity index (χ2n) is 10.5. The van der Waals surface area contributed by atoms with Crippen molar-refractivity contribution in [2.24, 2.45) is 0 Å². The van der Waals surface area contributed by atoms with E-state index in [2.05, 4.69) is 30.3 Å². The van der Waals surface area contributed by atoms with Crippen LogP contribution in [0.5, 0.6) is 0 Å². The van der Waals surface area contributed by atoms with Crippen molar-refractivity contribution in [1.82, 2.24) is 25.4 Å². The van der Waals surface area contributed by atoms with E-state index in [4.69, 9.17) is 0 Å². The highest BCUT2D eigenvalue weighted by atomic mass is 32.1. The van der Waals surface area contributed by atoms with E-state index in [0.29, 0.717) is 21.8 Å². The minimum atomic E-state index is -2.79. The van der Waals surface area contributed by atoms with Gasteiger partial charge in [-0.1, -0.05) is 41.7 Å². The summed E-state index contributed by atoms with van der Waals surface area (Å²) in [6.07, 6.45) is 3.00. The Morgan fingerprint density at radius 3 is 2.46 bits per heavy atom. The second-order valence-corrected chi connectivity index (χ2v) is 11.6. The number of benzene rings is 1. The van der Waals surface area contributed by atoms with Crippen LogP contribution in [0.25, 0.3) is 0 Å². The lowest BCUT2D eigenvalue weighted by Gasteiger charge is -2.13. The Labute approximate surface area is 240 Å². The van der Waals surface area contributed by atoms with Gasteiger partial charge in [-0.2, -0.15) is 10.2 Å². The molecule has 5 rings (SSSR count). The summed E-state index contributed by atoms with van der Waals surface area (Å²) < 4.78 is 26.7. The molecular weight excluding hydrogens is 546 g/mol. The number of hydrogen-bond donors (Lipinski definition) is 0. The Bertz CT molecular complexity index is 1490. The number of anilines is 1. The van der Waals surface area contributed by atoms with Crippen molar-refractivity contribution >= 4 is 28.0 Å². The topological polar surface area (TPSA) is 102 Å². The first-order valence-corrected chi connectivity index (χ1v) is 14.3. The van der Waals surface area contributed by atoms with Gasteiger partial charge >= 0.3 is 0 Å². The first-order valence-electron chi connectivity index (χ1n) is 13.5. The normalized spacial score (nSPS) is 15.3. The molecular formula is C30H30F2N6O2S. The van der Waals surface area contributed by atoms with Crippen LogP contribution in [0.1, 0.15) is 52.5 Å². The maximum atomic E-state index is 13.3. The third-order valence-electron chi connectivity index (χ3n) is 6.81. The van der Waals surface area contributed by atoms with Crippen LogP contribution >= 0.6 is 11.3 Å². The number of Topliss-reactive ketones (excluding diaryl/α,β-unsaturated/α-hetero) is 2. The zero-order valence-electron chi connectivity index (χ0n) is 22.7. The van der Waals surface area contributed by atoms with Crippen LogP contribution in [-0.4, -0.2) is 56.0 Å². The number of rotatable bonds is 12. The average molecular weight is 577 g/mol. The van der Waals surface area contributed by atoms with Crippen molar-refractivity contribution in [2.45, 2.75) is 57.3 Å². The number of alkyl halides is 2. The molecule has 1 saturated heterocycles. The van der Waals surface area contributed by atoms with Gasteiger partial charge in [0.2, 0.25) is 11.1 Å². The second kappa shape index (κ2) is 12.7. The average Bonchev–Trinajstić information content (AvgIpc) is 3.59. The molecule has 1 fully saturated rings. The molecule has 0 spiro atoms. The van der Waals surface area contributed by atoms with Gasteiger partial charge in [0.25, 0.3) is 0 Å². The van der Waals surface area contributed by atoms with Crippen molar-refractivity contribution in [3.63, 3.8) is 0 Å². The predicted octanol–water partition coefficient (Wildman–Crippen LogP) is 4.62. The van der Waals surface area contributed by atoms with Crippen molar-refractivity contribution < 1.29 is 18.4 Å². The van der Waals surface area contributed by atoms with Crippen LogP contribution < -0.4 is 4.90 Å². The minimum absolute atomic E-state index is 0.0502. The van der Waals surface area contributed by atoms with Crippen molar-refractivity contribution in [2.75, 3.05) is 18.0 Å². The van der Waals surface area contributed by atoms with Gasteiger partial charge in [0.1, 0.15) is 16.6 Å². The summed E-state index contributed by atoms with van der Waals surface area (Å²) in [5.41, 5.74) is 3.40. The van der Waals surface area contributed by atoms with Crippen molar-refractivity contribution in [3.05, 3.63) is 94.0 Å². The number of carbonyl (C=O) groups is 2. The monoisotopic (exact) mass is 576 g/mol. The van der Waals surface area contributed by atoms with Crippen LogP contribution in [0, 0.1) is 0 Å². The Morgan fingerprint density at radius 2 is 1.71 bits per heavy atom. The van der Waals surface area contributed by atoms with Gasteiger partial charge in [-0.05, 0) is 48.7 Å². The molecule has 1 aliphatic heterocycles. The summed E-state index contributed by atoms with van der Waals surface area (Å²) >= 11 is 1.43. The van der Waals surface area contributed by atoms with E-state index in [1.165, 1.54) is 11.3 Å². The molecule has 0 bridgehead atoms. The molecule has 0 saturated carbocycles. The van der Waals surface area contributed by atoms with Gasteiger partial charge in [-0.15, -0.1) is 10.2 Å². The van der Waals surface area contributed by atoms with Crippen LogP contribution in [0.15, 0.2) is 60.8 Å². The fraction of sp³-hybridized carbons (Fsp3) is 0.367. The fourth-order valence-corrected chi connectivity index (χ4v) is 5.84. The number of aromatic nitrogens is 5. The lowest BCUT2D eigenvalue weighted by Crippen LogP contribution is -2.19. The zero-order chi connectivity index (χ0) is 28.8. The minimum Gasteiger partial charge on any atom is -0.346 e. The van der Waals surface area contributed by atoms with Gasteiger partial charge in [0.15, 0.2) is 0 Å². The largest absolute Gasteiger partial charge is 0.346 e. The van der Waals surface area contributed by atoms with E-state index in [-0.39, 0.29) is 49.6 Å². The van der Waals surface area contributed by atoms with Gasteiger partial charge in [-0.3, -0.25) is 14.6 Å². The lowest BCUT2D eigenvalue weighted by molar-refractivity contribution is -0.118. The molecule has 212 valence electrons. The highest BCUT2D eigenvalue weighted by molar-refractivity contribution is 7.15. The predicted molar refractivity (Wildman–Crippen MR) is 151 cm³/mol. The number of pyridine rings is 1. The van der Waals surface area contributed by atoms with E-state index in [9.17, 15) is 18.4 Å². The number of halogens is 2. The van der Waals surface area contributed by atoms with Crippen LogP contribution in [0.2, 0.25) is 0 Å². The number of hydrogen-bond acceptors (Lipinski definition) is 9. The van der Waals surface area contributed by atoms with Crippen LogP contribution in [0.4, 0.5) is 13.9 Å². The Balaban J connectivity index is 1.11. The number of carbonyl (C=O) groups excluding carboxylic acids is 2. The molecule has 4 heterocycles. The van der Waals surface area contributed by atoms with Crippen molar-refractivity contribution in [3.8, 4) is 0 Å². The fourth-order valence-electron chi connectivity index (χ4n) is 4.94. The Kier molecular flexibility index (Phi) is 8.82. The summed E-state index contributed by atoms with van der Waals surface area (Å²) in [6.45, 7) is 2.40. The summed E-state index contributed by atoms with van der Waals surface area (Å²) in [4.78, 5) is 31.4. The highest BCUT2D eigenvalue weighted by Gasteiger charge is 2.28. The first kappa shape index (κ1) is 28.5. The van der Waals surface area contributed by atoms with Gasteiger partial charge < -0.3 is 4.90 Å². The maximum absolute atomic E-state index is 13.3. The molecule has 1 aromatic carbocycles. The molecule has 0 amide bonds. The Morgan fingerprint density at radius 1 is 0.902 bits per heavy atom. The third kappa shape index (κ3) is 8.26. The van der Waals surface area contributed by atoms with Crippen LogP contribution in [0.3, 0.4) is 0 Å². The molecule has 11 heteroatoms. The summed E-state index contributed by atoms with van der Waals surface area (Å²) in [5, 5.41) is 18.7. The van der Waals surface area contributed by atoms with Crippen LogP contribution in [-0.2, 0) is 41.7 Å². The number of nitrogens with zero attached hydrogens (tertiary/aromatic N) is 6.